The standard InChI is InChI=1S/C20H19BrClN7O3/c1-2-29-17-13(31-20(30)24-8-4-7-21)10-25-14(11-5-3-6-12(22)9-11)15(17)26-19(29)16-18(23)28-32-27-16/h3,5-6,9-10H,2,4,7-8H2,1H3,(H2,23,28)(H,24,30). The molecule has 1 amide bonds. The number of nitrogens with one attached hydrogen (secondary N) is 1. The van der Waals surface area contributed by atoms with Gasteiger partial charge in [0.25, 0.3) is 0 Å². The molecule has 0 aliphatic rings. The number of rotatable bonds is 7. The van der Waals surface area contributed by atoms with Crippen LogP contribution in [-0.2, 0) is 6.54 Å². The molecule has 0 bridgehead atoms. The highest BCUT2D eigenvalue weighted by Gasteiger charge is 2.25. The number of aryl methyl sites for hydroxylation is 1. The third-order valence-corrected chi connectivity index (χ3v) is 5.45. The first kappa shape index (κ1) is 22.0. The molecule has 12 heteroatoms. The molecule has 32 heavy (non-hydrogen) atoms. The molecule has 0 atom stereocenters. The lowest BCUT2D eigenvalue weighted by molar-refractivity contribution is 0.201. The van der Waals surface area contributed by atoms with Crippen LogP contribution in [0.4, 0.5) is 10.6 Å². The summed E-state index contributed by atoms with van der Waals surface area (Å²) in [5.74, 6) is 0.766. The van der Waals surface area contributed by atoms with E-state index in [1.165, 1.54) is 6.20 Å². The Bertz CT molecular complexity index is 1270. The number of anilines is 1. The average molecular weight is 521 g/mol. The van der Waals surface area contributed by atoms with Gasteiger partial charge in [-0.25, -0.2) is 19.4 Å². The van der Waals surface area contributed by atoms with Crippen molar-refractivity contribution in [2.75, 3.05) is 17.6 Å². The van der Waals surface area contributed by atoms with E-state index in [9.17, 15) is 4.79 Å². The van der Waals surface area contributed by atoms with Crippen molar-refractivity contribution in [2.24, 2.45) is 0 Å². The minimum absolute atomic E-state index is 0.0993. The molecule has 1 aromatic carbocycles. The Labute approximate surface area is 196 Å². The van der Waals surface area contributed by atoms with Crippen molar-refractivity contribution in [1.29, 1.82) is 0 Å². The van der Waals surface area contributed by atoms with Crippen molar-refractivity contribution >= 4 is 50.5 Å². The van der Waals surface area contributed by atoms with Gasteiger partial charge in [0.1, 0.15) is 11.0 Å². The molecule has 0 fully saturated rings. The van der Waals surface area contributed by atoms with Crippen molar-refractivity contribution in [3.05, 3.63) is 35.5 Å². The van der Waals surface area contributed by atoms with E-state index in [1.807, 2.05) is 23.6 Å². The molecule has 3 heterocycles. The van der Waals surface area contributed by atoms with E-state index in [0.717, 1.165) is 17.3 Å². The minimum Gasteiger partial charge on any atom is -0.406 e. The molecule has 0 spiro atoms. The van der Waals surface area contributed by atoms with Gasteiger partial charge in [-0.3, -0.25) is 0 Å². The molecule has 0 saturated heterocycles. The Kier molecular flexibility index (Phi) is 6.56. The van der Waals surface area contributed by atoms with Gasteiger partial charge >= 0.3 is 6.09 Å². The molecule has 4 rings (SSSR count). The number of imidazole rings is 1. The number of hydrogen-bond donors (Lipinski definition) is 2. The van der Waals surface area contributed by atoms with Gasteiger partial charge in [-0.2, -0.15) is 0 Å². The fourth-order valence-electron chi connectivity index (χ4n) is 3.27. The summed E-state index contributed by atoms with van der Waals surface area (Å²) in [6, 6.07) is 7.25. The summed E-state index contributed by atoms with van der Waals surface area (Å²) >= 11 is 9.52. The van der Waals surface area contributed by atoms with Crippen molar-refractivity contribution in [3.63, 3.8) is 0 Å². The molecule has 4 aromatic rings. The largest absolute Gasteiger partial charge is 0.412 e. The maximum atomic E-state index is 12.3. The third-order valence-electron chi connectivity index (χ3n) is 4.66. The Balaban J connectivity index is 1.90. The van der Waals surface area contributed by atoms with Gasteiger partial charge in [-0.15, -0.1) is 0 Å². The van der Waals surface area contributed by atoms with Gasteiger partial charge in [0.2, 0.25) is 0 Å². The van der Waals surface area contributed by atoms with E-state index >= 15 is 0 Å². The quantitative estimate of drug-likeness (QED) is 0.272. The number of halogens is 2. The lowest BCUT2D eigenvalue weighted by Gasteiger charge is -2.11. The summed E-state index contributed by atoms with van der Waals surface area (Å²) in [6.07, 6.45) is 1.67. The van der Waals surface area contributed by atoms with Gasteiger partial charge in [0.15, 0.2) is 23.1 Å². The Hall–Kier alpha value is -3.18. The number of nitrogens with zero attached hydrogens (tertiary/aromatic N) is 5. The molecule has 0 radical (unpaired) electrons. The van der Waals surface area contributed by atoms with Crippen LogP contribution in [0.1, 0.15) is 13.3 Å². The number of hydrogen-bond acceptors (Lipinski definition) is 8. The van der Waals surface area contributed by atoms with Crippen LogP contribution in [0.5, 0.6) is 5.75 Å². The van der Waals surface area contributed by atoms with E-state index < -0.39 is 6.09 Å². The van der Waals surface area contributed by atoms with Crippen LogP contribution in [-0.4, -0.2) is 42.8 Å². The van der Waals surface area contributed by atoms with E-state index in [4.69, 9.17) is 31.7 Å². The molecule has 3 aromatic heterocycles. The average Bonchev–Trinajstić information content (AvgIpc) is 3.37. The summed E-state index contributed by atoms with van der Waals surface area (Å²) < 4.78 is 12.2. The number of alkyl halides is 1. The van der Waals surface area contributed by atoms with Crippen molar-refractivity contribution < 1.29 is 14.2 Å². The smallest absolute Gasteiger partial charge is 0.406 e. The number of nitrogens with two attached hydrogens (primary N) is 1. The lowest BCUT2D eigenvalue weighted by atomic mass is 10.1. The topological polar surface area (TPSA) is 134 Å². The number of fused-ring (bicyclic) bond motifs is 1. The maximum Gasteiger partial charge on any atom is 0.412 e. The monoisotopic (exact) mass is 519 g/mol. The first-order valence-electron chi connectivity index (χ1n) is 9.78. The molecule has 3 N–H and O–H groups in total. The van der Waals surface area contributed by atoms with E-state index in [1.54, 1.807) is 12.1 Å². The van der Waals surface area contributed by atoms with Crippen LogP contribution in [0.15, 0.2) is 35.1 Å². The predicted molar refractivity (Wildman–Crippen MR) is 124 cm³/mol. The number of amides is 1. The van der Waals surface area contributed by atoms with E-state index in [0.29, 0.717) is 40.7 Å². The summed E-state index contributed by atoms with van der Waals surface area (Å²) in [4.78, 5) is 21.6. The summed E-state index contributed by atoms with van der Waals surface area (Å²) in [5, 5.41) is 11.6. The first-order valence-corrected chi connectivity index (χ1v) is 11.3. The summed E-state index contributed by atoms with van der Waals surface area (Å²) in [6.45, 7) is 2.88. The van der Waals surface area contributed by atoms with Gasteiger partial charge in [-0.1, -0.05) is 39.7 Å². The number of pyridine rings is 1. The lowest BCUT2D eigenvalue weighted by Crippen LogP contribution is -2.28. The van der Waals surface area contributed by atoms with Crippen LogP contribution in [0.3, 0.4) is 0 Å². The second-order valence-electron chi connectivity index (χ2n) is 6.72. The highest BCUT2D eigenvalue weighted by atomic mass is 79.9. The Morgan fingerprint density at radius 2 is 2.19 bits per heavy atom. The normalized spacial score (nSPS) is 11.1. The fraction of sp³-hybridized carbons (Fsp3) is 0.250. The summed E-state index contributed by atoms with van der Waals surface area (Å²) in [5.41, 5.74) is 8.59. The van der Waals surface area contributed by atoms with Crippen molar-refractivity contribution in [2.45, 2.75) is 19.9 Å². The van der Waals surface area contributed by atoms with Crippen LogP contribution < -0.4 is 15.8 Å². The summed E-state index contributed by atoms with van der Waals surface area (Å²) in [7, 11) is 0. The second-order valence-corrected chi connectivity index (χ2v) is 7.94. The van der Waals surface area contributed by atoms with Crippen molar-refractivity contribution in [1.82, 2.24) is 30.2 Å². The number of carbonyl (C=O) groups excluding carboxylic acids is 1. The zero-order chi connectivity index (χ0) is 22.7. The minimum atomic E-state index is -0.586. The van der Waals surface area contributed by atoms with Crippen molar-refractivity contribution in [3.8, 4) is 28.5 Å². The SMILES string of the molecule is CCn1c(-c2nonc2N)nc2c(-c3cccc(Cl)c3)ncc(OC(=O)NCCCBr)c21. The van der Waals surface area contributed by atoms with Crippen LogP contribution >= 0.6 is 27.5 Å². The zero-order valence-electron chi connectivity index (χ0n) is 17.0. The van der Waals surface area contributed by atoms with Crippen LogP contribution in [0, 0.1) is 0 Å². The molecular formula is C20H19BrClN7O3. The number of carbonyl (C=O) groups is 1. The fourth-order valence-corrected chi connectivity index (χ4v) is 3.74. The van der Waals surface area contributed by atoms with Gasteiger partial charge < -0.3 is 20.4 Å². The van der Waals surface area contributed by atoms with Gasteiger partial charge in [0, 0.05) is 29.0 Å². The van der Waals surface area contributed by atoms with Crippen LogP contribution in [0.2, 0.25) is 5.02 Å². The molecule has 0 aliphatic carbocycles. The number of ether oxygens (including phenoxy) is 1. The molecular weight excluding hydrogens is 502 g/mol. The highest BCUT2D eigenvalue weighted by molar-refractivity contribution is 9.09. The van der Waals surface area contributed by atoms with E-state index in [-0.39, 0.29) is 17.3 Å². The number of aromatic nitrogens is 5. The second kappa shape index (κ2) is 9.53. The highest BCUT2D eigenvalue weighted by Crippen LogP contribution is 2.37. The van der Waals surface area contributed by atoms with Gasteiger partial charge in [0.05, 0.1) is 11.9 Å². The third kappa shape index (κ3) is 4.26. The molecule has 0 saturated carbocycles. The Morgan fingerprint density at radius 3 is 2.88 bits per heavy atom. The van der Waals surface area contributed by atoms with E-state index in [2.05, 4.69) is 36.5 Å². The molecule has 0 unspecified atom stereocenters. The van der Waals surface area contributed by atoms with Gasteiger partial charge in [-0.05, 0) is 35.8 Å². The maximum absolute atomic E-state index is 12.3. The van der Waals surface area contributed by atoms with Crippen LogP contribution in [0.25, 0.3) is 33.8 Å². The molecule has 166 valence electrons. The predicted octanol–water partition coefficient (Wildman–Crippen LogP) is 4.28. The molecule has 10 nitrogen and oxygen atoms in total. The number of benzene rings is 1. The molecule has 0 aliphatic heterocycles. The first-order chi connectivity index (χ1) is 15.5. The zero-order valence-corrected chi connectivity index (χ0v) is 19.4. The number of nitrogen functional groups attached to an aromatic ring is 1. The Morgan fingerprint density at radius 1 is 1.34 bits per heavy atom.